The average molecular weight is 511 g/mol. The number of rotatable bonds is 8. The maximum atomic E-state index is 11.0. The second-order valence-electron chi connectivity index (χ2n) is 8.58. The van der Waals surface area contributed by atoms with Gasteiger partial charge in [0.2, 0.25) is 5.88 Å². The van der Waals surface area contributed by atoms with Crippen molar-refractivity contribution in [3.8, 4) is 5.88 Å². The fourth-order valence-corrected chi connectivity index (χ4v) is 4.56. The fourth-order valence-electron chi connectivity index (χ4n) is 4.27. The molecule has 3 aromatic heterocycles. The molecule has 3 aromatic rings. The molecule has 2 atom stereocenters. The standard InChI is InChI=1S/C24H26N5O6P/c25-24-19(6-3-11-29(24)15-33-36(30,31)32)21-13-18(28-35-21)12-16-8-9-22(27-14-16)34-20-7-1-4-17-5-2-10-26-23(17)20/h2-3,5-6,8-11,13-14,20,24H,1,4,7,12,15,25H2,(H2,30,31,32). The molecule has 11 nitrogen and oxygen atoms in total. The minimum absolute atomic E-state index is 0.0971. The van der Waals surface area contributed by atoms with Crippen molar-refractivity contribution in [2.45, 2.75) is 38.0 Å². The van der Waals surface area contributed by atoms with Gasteiger partial charge in [0.1, 0.15) is 19.0 Å². The van der Waals surface area contributed by atoms with Crippen LogP contribution in [-0.4, -0.2) is 42.7 Å². The van der Waals surface area contributed by atoms with E-state index in [0.717, 1.165) is 30.5 Å². The number of phosphoric acid groups is 1. The van der Waals surface area contributed by atoms with E-state index in [2.05, 4.69) is 25.7 Å². The lowest BCUT2D eigenvalue weighted by Crippen LogP contribution is -2.41. The van der Waals surface area contributed by atoms with Gasteiger partial charge in [0.05, 0.1) is 11.4 Å². The highest BCUT2D eigenvalue weighted by molar-refractivity contribution is 7.46. The highest BCUT2D eigenvalue weighted by Gasteiger charge is 2.26. The average Bonchev–Trinajstić information content (AvgIpc) is 3.32. The van der Waals surface area contributed by atoms with Crippen molar-refractivity contribution in [2.24, 2.45) is 5.73 Å². The third kappa shape index (κ3) is 5.72. The van der Waals surface area contributed by atoms with Crippen LogP contribution in [0.1, 0.15) is 47.2 Å². The molecule has 0 aromatic carbocycles. The van der Waals surface area contributed by atoms with Gasteiger partial charge >= 0.3 is 7.82 Å². The van der Waals surface area contributed by atoms with Gasteiger partial charge in [-0.05, 0) is 42.5 Å². The second-order valence-corrected chi connectivity index (χ2v) is 9.82. The molecular formula is C24H26N5O6P. The van der Waals surface area contributed by atoms with Crippen LogP contribution in [0, 0.1) is 0 Å². The Morgan fingerprint density at radius 1 is 1.25 bits per heavy atom. The van der Waals surface area contributed by atoms with Crippen LogP contribution in [-0.2, 0) is 21.9 Å². The summed E-state index contributed by atoms with van der Waals surface area (Å²) in [4.78, 5) is 28.3. The summed E-state index contributed by atoms with van der Waals surface area (Å²) in [5, 5.41) is 4.14. The maximum Gasteiger partial charge on any atom is 0.471 e. The predicted molar refractivity (Wildman–Crippen MR) is 129 cm³/mol. The smallest absolute Gasteiger partial charge is 0.468 e. The molecule has 0 bridgehead atoms. The highest BCUT2D eigenvalue weighted by Crippen LogP contribution is 2.37. The van der Waals surface area contributed by atoms with E-state index in [1.54, 1.807) is 36.8 Å². The number of allylic oxidation sites excluding steroid dienone is 2. The van der Waals surface area contributed by atoms with E-state index in [1.807, 2.05) is 18.2 Å². The molecule has 188 valence electrons. The van der Waals surface area contributed by atoms with Gasteiger partial charge in [-0.3, -0.25) is 9.51 Å². The van der Waals surface area contributed by atoms with Crippen LogP contribution in [0.3, 0.4) is 0 Å². The quantitative estimate of drug-likeness (QED) is 0.382. The molecule has 2 unspecified atom stereocenters. The van der Waals surface area contributed by atoms with Gasteiger partial charge in [-0.1, -0.05) is 23.4 Å². The summed E-state index contributed by atoms with van der Waals surface area (Å²) in [5.74, 6) is 1.00. The summed E-state index contributed by atoms with van der Waals surface area (Å²) in [7, 11) is -4.62. The summed E-state index contributed by atoms with van der Waals surface area (Å²) >= 11 is 0. The molecule has 4 heterocycles. The van der Waals surface area contributed by atoms with E-state index in [-0.39, 0.29) is 12.8 Å². The minimum atomic E-state index is -4.62. The van der Waals surface area contributed by atoms with Crippen molar-refractivity contribution in [3.63, 3.8) is 0 Å². The van der Waals surface area contributed by atoms with Crippen LogP contribution in [0.2, 0.25) is 0 Å². The lowest BCUT2D eigenvalue weighted by molar-refractivity contribution is 0.110. The van der Waals surface area contributed by atoms with Crippen LogP contribution < -0.4 is 10.5 Å². The van der Waals surface area contributed by atoms with Crippen molar-refractivity contribution in [2.75, 3.05) is 6.73 Å². The summed E-state index contributed by atoms with van der Waals surface area (Å²) in [6.45, 7) is -0.372. The van der Waals surface area contributed by atoms with Gasteiger partial charge in [-0.15, -0.1) is 0 Å². The first kappa shape index (κ1) is 24.4. The first-order valence-corrected chi connectivity index (χ1v) is 13.0. The number of hydrogen-bond donors (Lipinski definition) is 3. The zero-order valence-electron chi connectivity index (χ0n) is 19.3. The number of aromatic nitrogens is 3. The number of phosphoric ester groups is 1. The van der Waals surface area contributed by atoms with Gasteiger partial charge in [-0.2, -0.15) is 0 Å². The third-order valence-corrected chi connectivity index (χ3v) is 6.49. The van der Waals surface area contributed by atoms with Crippen LogP contribution in [0.5, 0.6) is 5.88 Å². The predicted octanol–water partition coefficient (Wildman–Crippen LogP) is 3.08. The van der Waals surface area contributed by atoms with Gasteiger partial charge in [0.15, 0.2) is 5.76 Å². The van der Waals surface area contributed by atoms with Crippen molar-refractivity contribution in [1.82, 2.24) is 20.0 Å². The Bertz CT molecular complexity index is 1320. The van der Waals surface area contributed by atoms with Gasteiger partial charge in [0.25, 0.3) is 0 Å². The van der Waals surface area contributed by atoms with E-state index < -0.39 is 14.0 Å². The van der Waals surface area contributed by atoms with Crippen molar-refractivity contribution < 1.29 is 28.1 Å². The van der Waals surface area contributed by atoms with E-state index in [1.165, 1.54) is 10.5 Å². The Morgan fingerprint density at radius 3 is 2.94 bits per heavy atom. The molecule has 0 amide bonds. The first-order valence-electron chi connectivity index (χ1n) is 11.5. The number of fused-ring (bicyclic) bond motifs is 1. The Kier molecular flexibility index (Phi) is 6.99. The van der Waals surface area contributed by atoms with Gasteiger partial charge < -0.3 is 29.7 Å². The van der Waals surface area contributed by atoms with E-state index in [4.69, 9.17) is 24.8 Å². The Balaban J connectivity index is 1.21. The molecule has 0 saturated heterocycles. The molecule has 12 heteroatoms. The summed E-state index contributed by atoms with van der Waals surface area (Å²) < 4.78 is 27.2. The zero-order valence-corrected chi connectivity index (χ0v) is 20.2. The van der Waals surface area contributed by atoms with Crippen molar-refractivity contribution >= 4 is 13.4 Å². The molecule has 1 aliphatic heterocycles. The second kappa shape index (κ2) is 10.3. The number of nitrogens with zero attached hydrogens (tertiary/aromatic N) is 4. The molecule has 5 rings (SSSR count). The lowest BCUT2D eigenvalue weighted by atomic mass is 9.94. The Labute approximate surface area is 207 Å². The van der Waals surface area contributed by atoms with Crippen LogP contribution >= 0.6 is 7.82 Å². The van der Waals surface area contributed by atoms with Crippen molar-refractivity contribution in [1.29, 1.82) is 0 Å². The molecule has 1 aliphatic carbocycles. The molecule has 4 N–H and O–H groups in total. The monoisotopic (exact) mass is 511 g/mol. The number of nitrogens with two attached hydrogens (primary N) is 1. The fraction of sp³-hybridized carbons (Fsp3) is 0.292. The van der Waals surface area contributed by atoms with E-state index in [9.17, 15) is 4.57 Å². The molecule has 0 radical (unpaired) electrons. The molecule has 2 aliphatic rings. The zero-order chi connectivity index (χ0) is 25.1. The highest BCUT2D eigenvalue weighted by atomic mass is 31.2. The number of hydrogen-bond acceptors (Lipinski definition) is 9. The number of pyridine rings is 2. The molecule has 0 spiro atoms. The van der Waals surface area contributed by atoms with Crippen molar-refractivity contribution in [3.05, 3.63) is 89.4 Å². The van der Waals surface area contributed by atoms with Gasteiger partial charge in [0, 0.05) is 42.7 Å². The largest absolute Gasteiger partial charge is 0.471 e. The van der Waals surface area contributed by atoms with Crippen LogP contribution in [0.4, 0.5) is 0 Å². The number of ether oxygens (including phenoxy) is 1. The molecule has 0 fully saturated rings. The molecule has 0 saturated carbocycles. The van der Waals surface area contributed by atoms with Crippen LogP contribution in [0.25, 0.3) is 5.57 Å². The van der Waals surface area contributed by atoms with E-state index in [0.29, 0.717) is 29.3 Å². The summed E-state index contributed by atoms with van der Waals surface area (Å²) in [5.41, 5.74) is 10.7. The Morgan fingerprint density at radius 2 is 2.14 bits per heavy atom. The van der Waals surface area contributed by atoms with E-state index >= 15 is 0 Å². The maximum absolute atomic E-state index is 11.0. The Hall–Kier alpha value is -3.34. The first-order chi connectivity index (χ1) is 17.4. The lowest BCUT2D eigenvalue weighted by Gasteiger charge is -2.30. The summed E-state index contributed by atoms with van der Waals surface area (Å²) in [6, 6.07) is 9.61. The third-order valence-electron chi connectivity index (χ3n) is 6.04. The topological polar surface area (TPSA) is 157 Å². The molecule has 36 heavy (non-hydrogen) atoms. The van der Waals surface area contributed by atoms with Gasteiger partial charge in [-0.25, -0.2) is 9.55 Å². The minimum Gasteiger partial charge on any atom is -0.468 e. The normalized spacial score (nSPS) is 19.6. The van der Waals surface area contributed by atoms with Crippen LogP contribution in [0.15, 0.2) is 65.6 Å². The number of aryl methyl sites for hydroxylation is 1. The molecular weight excluding hydrogens is 485 g/mol. The SMILES string of the molecule is NC1C(c2cc(Cc3ccc(OC4CCCc5cccnc54)nc3)no2)=CC=CN1COP(=O)(O)O. The summed E-state index contributed by atoms with van der Waals surface area (Å²) in [6.07, 6.45) is 11.2.